The minimum Gasteiger partial charge on any atom is -0.296 e. The molecule has 3 rings (SSSR count). The Balaban J connectivity index is 2.23. The van der Waals surface area contributed by atoms with Crippen LogP contribution in [0.1, 0.15) is 16.1 Å². The van der Waals surface area contributed by atoms with Crippen molar-refractivity contribution in [1.29, 1.82) is 0 Å². The Bertz CT molecular complexity index is 860. The third-order valence-electron chi connectivity index (χ3n) is 3.31. The van der Waals surface area contributed by atoms with Crippen LogP contribution in [0.25, 0.3) is 16.9 Å². The molecule has 0 spiro atoms. The normalized spacial score (nSPS) is 10.7. The Morgan fingerprint density at radius 2 is 2.05 bits per heavy atom. The van der Waals surface area contributed by atoms with Crippen LogP contribution in [0.4, 0.5) is 4.39 Å². The Hall–Kier alpha value is -2.53. The van der Waals surface area contributed by atoms with Crippen LogP contribution in [0.5, 0.6) is 0 Å². The Morgan fingerprint density at radius 3 is 2.73 bits per heavy atom. The zero-order chi connectivity index (χ0) is 15.7. The van der Waals surface area contributed by atoms with E-state index in [2.05, 4.69) is 10.3 Å². The van der Waals surface area contributed by atoms with Crippen molar-refractivity contribution in [3.05, 3.63) is 64.6 Å². The van der Waals surface area contributed by atoms with Crippen LogP contribution < -0.4 is 0 Å². The van der Waals surface area contributed by atoms with Crippen molar-refractivity contribution in [3.8, 4) is 16.9 Å². The van der Waals surface area contributed by atoms with Gasteiger partial charge in [-0.15, -0.1) is 5.10 Å². The summed E-state index contributed by atoms with van der Waals surface area (Å²) in [6.07, 6.45) is 0.597. The molecule has 0 radical (unpaired) electrons. The summed E-state index contributed by atoms with van der Waals surface area (Å²) in [6.45, 7) is 1.89. The Morgan fingerprint density at radius 1 is 1.23 bits per heavy atom. The van der Waals surface area contributed by atoms with Crippen LogP contribution in [-0.2, 0) is 0 Å². The molecule has 6 heteroatoms. The minimum atomic E-state index is -0.399. The van der Waals surface area contributed by atoms with Gasteiger partial charge in [0.25, 0.3) is 0 Å². The van der Waals surface area contributed by atoms with Crippen molar-refractivity contribution in [3.63, 3.8) is 0 Å². The Kier molecular flexibility index (Phi) is 3.73. The quantitative estimate of drug-likeness (QED) is 0.690. The largest absolute Gasteiger partial charge is 0.296 e. The smallest absolute Gasteiger partial charge is 0.172 e. The summed E-state index contributed by atoms with van der Waals surface area (Å²) in [6, 6.07) is 11.3. The molecule has 0 saturated heterocycles. The van der Waals surface area contributed by atoms with Crippen molar-refractivity contribution in [1.82, 2.24) is 15.0 Å². The van der Waals surface area contributed by atoms with Crippen molar-refractivity contribution >= 4 is 17.9 Å². The molecule has 0 atom stereocenters. The van der Waals surface area contributed by atoms with E-state index in [0.29, 0.717) is 28.3 Å². The molecular weight excluding hydrogens is 305 g/mol. The average Bonchev–Trinajstić information content (AvgIpc) is 2.94. The highest BCUT2D eigenvalue weighted by Crippen LogP contribution is 2.27. The predicted octanol–water partition coefficient (Wildman–Crippen LogP) is 3.85. The van der Waals surface area contributed by atoms with Gasteiger partial charge in [-0.2, -0.15) is 0 Å². The number of carbonyl (C=O) groups is 1. The highest BCUT2D eigenvalue weighted by molar-refractivity contribution is 6.31. The molecule has 0 N–H and O–H groups in total. The topological polar surface area (TPSA) is 47.8 Å². The molecule has 110 valence electrons. The molecular formula is C16H11ClFN3O. The van der Waals surface area contributed by atoms with Gasteiger partial charge in [-0.05, 0) is 36.8 Å². The molecule has 0 saturated carbocycles. The minimum absolute atomic E-state index is 0.141. The van der Waals surface area contributed by atoms with Gasteiger partial charge in [-0.25, -0.2) is 9.07 Å². The van der Waals surface area contributed by atoms with Gasteiger partial charge >= 0.3 is 0 Å². The van der Waals surface area contributed by atoms with Crippen molar-refractivity contribution in [2.24, 2.45) is 0 Å². The second-order valence-corrected chi connectivity index (χ2v) is 5.20. The number of aryl methyl sites for hydroxylation is 1. The van der Waals surface area contributed by atoms with Gasteiger partial charge < -0.3 is 0 Å². The summed E-state index contributed by atoms with van der Waals surface area (Å²) >= 11 is 6.14. The first kappa shape index (κ1) is 14.4. The van der Waals surface area contributed by atoms with E-state index in [1.54, 1.807) is 18.2 Å². The van der Waals surface area contributed by atoms with Crippen LogP contribution in [0, 0.1) is 12.7 Å². The maximum absolute atomic E-state index is 13.5. The zero-order valence-corrected chi connectivity index (χ0v) is 12.4. The second kappa shape index (κ2) is 5.69. The van der Waals surface area contributed by atoms with Gasteiger partial charge in [-0.3, -0.25) is 4.79 Å². The van der Waals surface area contributed by atoms with Gasteiger partial charge in [0.15, 0.2) is 12.0 Å². The van der Waals surface area contributed by atoms with E-state index in [4.69, 9.17) is 11.6 Å². The number of benzene rings is 2. The molecule has 0 aliphatic carbocycles. The first-order valence-electron chi connectivity index (χ1n) is 6.53. The number of aldehydes is 1. The van der Waals surface area contributed by atoms with Gasteiger partial charge in [0.1, 0.15) is 11.5 Å². The molecule has 2 aromatic carbocycles. The number of nitrogens with zero attached hydrogens (tertiary/aromatic N) is 3. The van der Waals surface area contributed by atoms with Gasteiger partial charge in [0.05, 0.1) is 5.69 Å². The number of rotatable bonds is 3. The summed E-state index contributed by atoms with van der Waals surface area (Å²) in [4.78, 5) is 11.2. The number of carbonyl (C=O) groups excluding carboxylic acids is 1. The van der Waals surface area contributed by atoms with Gasteiger partial charge in [0.2, 0.25) is 0 Å². The molecule has 0 aliphatic rings. The number of hydrogen-bond acceptors (Lipinski definition) is 3. The van der Waals surface area contributed by atoms with Crippen molar-refractivity contribution in [2.75, 3.05) is 0 Å². The summed E-state index contributed by atoms with van der Waals surface area (Å²) in [5.41, 5.74) is 2.66. The predicted molar refractivity (Wildman–Crippen MR) is 81.9 cm³/mol. The lowest BCUT2D eigenvalue weighted by molar-refractivity contribution is 0.111. The van der Waals surface area contributed by atoms with E-state index in [1.165, 1.54) is 16.8 Å². The van der Waals surface area contributed by atoms with Crippen LogP contribution >= 0.6 is 11.6 Å². The fraction of sp³-hybridized carbons (Fsp3) is 0.0625. The van der Waals surface area contributed by atoms with E-state index < -0.39 is 5.82 Å². The fourth-order valence-corrected chi connectivity index (χ4v) is 2.35. The number of hydrogen-bond donors (Lipinski definition) is 0. The van der Waals surface area contributed by atoms with E-state index in [-0.39, 0.29) is 5.69 Å². The standard InChI is InChI=1S/C16H11ClFN3O/c1-10-5-6-13(8-14(10)17)21-16(15(9-22)19-20-21)11-3-2-4-12(18)7-11/h2-9H,1H3. The van der Waals surface area contributed by atoms with E-state index in [9.17, 15) is 9.18 Å². The van der Waals surface area contributed by atoms with Crippen LogP contribution in [-0.4, -0.2) is 21.3 Å². The average molecular weight is 316 g/mol. The molecule has 4 nitrogen and oxygen atoms in total. The maximum atomic E-state index is 13.5. The van der Waals surface area contributed by atoms with Crippen molar-refractivity contribution < 1.29 is 9.18 Å². The highest BCUT2D eigenvalue weighted by atomic mass is 35.5. The SMILES string of the molecule is Cc1ccc(-n2nnc(C=O)c2-c2cccc(F)c2)cc1Cl. The maximum Gasteiger partial charge on any atom is 0.172 e. The van der Waals surface area contributed by atoms with E-state index in [1.807, 2.05) is 19.1 Å². The van der Waals surface area contributed by atoms with Crippen molar-refractivity contribution in [2.45, 2.75) is 6.92 Å². The summed E-state index contributed by atoms with van der Waals surface area (Å²) in [5.74, 6) is -0.399. The zero-order valence-electron chi connectivity index (χ0n) is 11.6. The first-order valence-corrected chi connectivity index (χ1v) is 6.91. The van der Waals surface area contributed by atoms with E-state index in [0.717, 1.165) is 5.56 Å². The summed E-state index contributed by atoms with van der Waals surface area (Å²) in [7, 11) is 0. The highest BCUT2D eigenvalue weighted by Gasteiger charge is 2.16. The lowest BCUT2D eigenvalue weighted by atomic mass is 10.1. The molecule has 0 aliphatic heterocycles. The lowest BCUT2D eigenvalue weighted by Gasteiger charge is -2.08. The summed E-state index contributed by atoms with van der Waals surface area (Å²) < 4.78 is 15.0. The summed E-state index contributed by atoms with van der Waals surface area (Å²) in [5, 5.41) is 8.41. The monoisotopic (exact) mass is 315 g/mol. The Labute approximate surface area is 131 Å². The molecule has 1 heterocycles. The van der Waals surface area contributed by atoms with Gasteiger partial charge in [-0.1, -0.05) is 35.0 Å². The van der Waals surface area contributed by atoms with Gasteiger partial charge in [0, 0.05) is 10.6 Å². The third kappa shape index (κ3) is 2.51. The molecule has 3 aromatic rings. The first-order chi connectivity index (χ1) is 10.6. The van der Waals surface area contributed by atoms with Crippen LogP contribution in [0.3, 0.4) is 0 Å². The molecule has 0 bridgehead atoms. The second-order valence-electron chi connectivity index (χ2n) is 4.80. The lowest BCUT2D eigenvalue weighted by Crippen LogP contribution is -2.00. The number of aromatic nitrogens is 3. The fourth-order valence-electron chi connectivity index (χ4n) is 2.17. The van der Waals surface area contributed by atoms with Crippen LogP contribution in [0.2, 0.25) is 5.02 Å². The molecule has 1 aromatic heterocycles. The number of halogens is 2. The molecule has 0 amide bonds. The molecule has 22 heavy (non-hydrogen) atoms. The third-order valence-corrected chi connectivity index (χ3v) is 3.71. The van der Waals surface area contributed by atoms with E-state index >= 15 is 0 Å². The van der Waals surface area contributed by atoms with Crippen LogP contribution in [0.15, 0.2) is 42.5 Å². The molecule has 0 fully saturated rings. The molecule has 0 unspecified atom stereocenters.